The summed E-state index contributed by atoms with van der Waals surface area (Å²) in [6, 6.07) is 0. The molecule has 16 heavy (non-hydrogen) atoms. The Labute approximate surface area is 96.7 Å². The highest BCUT2D eigenvalue weighted by Crippen LogP contribution is 2.26. The Balaban J connectivity index is 2.25. The van der Waals surface area contributed by atoms with Crippen LogP contribution in [0.5, 0.6) is 0 Å². The molecule has 0 aliphatic heterocycles. The summed E-state index contributed by atoms with van der Waals surface area (Å²) < 4.78 is 0. The molecule has 2 rings (SSSR count). The number of aryl methyl sites for hydroxylation is 2. The first kappa shape index (κ1) is 11.3. The van der Waals surface area contributed by atoms with Crippen molar-refractivity contribution in [1.82, 2.24) is 9.97 Å². The molecule has 0 atom stereocenters. The van der Waals surface area contributed by atoms with Gasteiger partial charge in [0.1, 0.15) is 11.6 Å². The maximum absolute atomic E-state index is 5.51. The van der Waals surface area contributed by atoms with Crippen LogP contribution < -0.4 is 11.1 Å². The summed E-state index contributed by atoms with van der Waals surface area (Å²) in [6.07, 6.45) is 5.47. The molecular weight excluding hydrogens is 200 g/mol. The molecule has 0 spiro atoms. The molecule has 4 nitrogen and oxygen atoms in total. The van der Waals surface area contributed by atoms with Gasteiger partial charge in [0, 0.05) is 30.8 Å². The Hall–Kier alpha value is -1.16. The normalized spacial score (nSPS) is 13.9. The number of nitrogens with two attached hydrogens (primary N) is 1. The second-order valence-corrected chi connectivity index (χ2v) is 4.23. The Morgan fingerprint density at radius 2 is 2.19 bits per heavy atom. The fraction of sp³-hybridized carbons (Fsp3) is 0.667. The van der Waals surface area contributed by atoms with E-state index < -0.39 is 0 Å². The molecule has 4 heteroatoms. The van der Waals surface area contributed by atoms with Gasteiger partial charge in [-0.25, -0.2) is 9.97 Å². The zero-order chi connectivity index (χ0) is 11.4. The molecule has 0 fully saturated rings. The molecule has 88 valence electrons. The van der Waals surface area contributed by atoms with Crippen LogP contribution in [0.3, 0.4) is 0 Å². The molecule has 1 aliphatic rings. The fourth-order valence-corrected chi connectivity index (χ4v) is 2.16. The lowest BCUT2D eigenvalue weighted by atomic mass is 10.2. The maximum atomic E-state index is 5.51. The van der Waals surface area contributed by atoms with E-state index in [0.29, 0.717) is 6.54 Å². The molecule has 1 aliphatic carbocycles. The van der Waals surface area contributed by atoms with Gasteiger partial charge in [0.25, 0.3) is 0 Å². The molecule has 0 amide bonds. The smallest absolute Gasteiger partial charge is 0.133 e. The van der Waals surface area contributed by atoms with E-state index in [1.807, 2.05) is 0 Å². The molecule has 0 radical (unpaired) electrons. The van der Waals surface area contributed by atoms with Crippen molar-refractivity contribution in [2.75, 3.05) is 18.4 Å². The highest BCUT2D eigenvalue weighted by Gasteiger charge is 2.18. The Kier molecular flexibility index (Phi) is 3.72. The second-order valence-electron chi connectivity index (χ2n) is 4.23. The SMILES string of the molecule is CCCc1nc2c(c(NCCN)n1)CCC2. The van der Waals surface area contributed by atoms with Gasteiger partial charge in [-0.1, -0.05) is 6.92 Å². The Bertz CT molecular complexity index is 362. The molecule has 0 unspecified atom stereocenters. The van der Waals surface area contributed by atoms with Gasteiger partial charge in [-0.15, -0.1) is 0 Å². The first-order valence-electron chi connectivity index (χ1n) is 6.17. The van der Waals surface area contributed by atoms with Gasteiger partial charge >= 0.3 is 0 Å². The van der Waals surface area contributed by atoms with Crippen molar-refractivity contribution < 1.29 is 0 Å². The third kappa shape index (κ3) is 2.32. The fourth-order valence-electron chi connectivity index (χ4n) is 2.16. The summed E-state index contributed by atoms with van der Waals surface area (Å²) in [5, 5.41) is 3.32. The van der Waals surface area contributed by atoms with Crippen LogP contribution in [0, 0.1) is 0 Å². The van der Waals surface area contributed by atoms with Gasteiger partial charge in [0.05, 0.1) is 0 Å². The van der Waals surface area contributed by atoms with Gasteiger partial charge in [0.2, 0.25) is 0 Å². The zero-order valence-electron chi connectivity index (χ0n) is 9.92. The third-order valence-electron chi connectivity index (χ3n) is 2.89. The molecule has 1 aromatic heterocycles. The number of hydrogen-bond acceptors (Lipinski definition) is 4. The Morgan fingerprint density at radius 1 is 1.31 bits per heavy atom. The van der Waals surface area contributed by atoms with E-state index in [9.17, 15) is 0 Å². The molecular formula is C12H20N4. The van der Waals surface area contributed by atoms with Crippen molar-refractivity contribution in [2.24, 2.45) is 5.73 Å². The first-order chi connectivity index (χ1) is 7.85. The van der Waals surface area contributed by atoms with Crippen molar-refractivity contribution in [2.45, 2.75) is 39.0 Å². The topological polar surface area (TPSA) is 63.8 Å². The van der Waals surface area contributed by atoms with Gasteiger partial charge in [-0.3, -0.25) is 0 Å². The number of fused-ring (bicyclic) bond motifs is 1. The highest BCUT2D eigenvalue weighted by atomic mass is 15.0. The van der Waals surface area contributed by atoms with E-state index in [4.69, 9.17) is 5.73 Å². The minimum Gasteiger partial charge on any atom is -0.368 e. The van der Waals surface area contributed by atoms with Crippen molar-refractivity contribution in [3.05, 3.63) is 17.1 Å². The molecule has 1 aromatic rings. The summed E-state index contributed by atoms with van der Waals surface area (Å²) in [6.45, 7) is 3.58. The number of hydrogen-bond donors (Lipinski definition) is 2. The van der Waals surface area contributed by atoms with Gasteiger partial charge < -0.3 is 11.1 Å². The van der Waals surface area contributed by atoms with Crippen molar-refractivity contribution in [3.8, 4) is 0 Å². The first-order valence-corrected chi connectivity index (χ1v) is 6.17. The van der Waals surface area contributed by atoms with E-state index in [1.54, 1.807) is 0 Å². The lowest BCUT2D eigenvalue weighted by Crippen LogP contribution is -2.16. The summed E-state index contributed by atoms with van der Waals surface area (Å²) in [5.41, 5.74) is 8.07. The van der Waals surface area contributed by atoms with Crippen LogP contribution in [0.15, 0.2) is 0 Å². The summed E-state index contributed by atoms with van der Waals surface area (Å²) in [4.78, 5) is 9.22. The van der Waals surface area contributed by atoms with Gasteiger partial charge in [0.15, 0.2) is 0 Å². The summed E-state index contributed by atoms with van der Waals surface area (Å²) in [7, 11) is 0. The largest absolute Gasteiger partial charge is 0.368 e. The van der Waals surface area contributed by atoms with Crippen LogP contribution in [0.25, 0.3) is 0 Å². The number of anilines is 1. The average molecular weight is 220 g/mol. The van der Waals surface area contributed by atoms with Gasteiger partial charge in [-0.2, -0.15) is 0 Å². The quantitative estimate of drug-likeness (QED) is 0.785. The van der Waals surface area contributed by atoms with Crippen molar-refractivity contribution >= 4 is 5.82 Å². The number of nitrogens with one attached hydrogen (secondary N) is 1. The van der Waals surface area contributed by atoms with E-state index in [2.05, 4.69) is 22.2 Å². The average Bonchev–Trinajstić information content (AvgIpc) is 2.74. The molecule has 0 saturated carbocycles. The predicted molar refractivity (Wildman–Crippen MR) is 65.6 cm³/mol. The predicted octanol–water partition coefficient (Wildman–Crippen LogP) is 1.29. The lowest BCUT2D eigenvalue weighted by Gasteiger charge is -2.11. The minimum absolute atomic E-state index is 0.641. The molecule has 1 heterocycles. The summed E-state index contributed by atoms with van der Waals surface area (Å²) in [5.74, 6) is 2.00. The van der Waals surface area contributed by atoms with Crippen LogP contribution in [-0.2, 0) is 19.3 Å². The molecule has 3 N–H and O–H groups in total. The second kappa shape index (κ2) is 5.25. The maximum Gasteiger partial charge on any atom is 0.133 e. The van der Waals surface area contributed by atoms with Crippen molar-refractivity contribution in [3.63, 3.8) is 0 Å². The number of aromatic nitrogens is 2. The van der Waals surface area contributed by atoms with E-state index in [0.717, 1.165) is 43.9 Å². The Morgan fingerprint density at radius 3 is 2.94 bits per heavy atom. The lowest BCUT2D eigenvalue weighted by molar-refractivity contribution is 0.814. The van der Waals surface area contributed by atoms with Gasteiger partial charge in [-0.05, 0) is 25.7 Å². The van der Waals surface area contributed by atoms with Crippen LogP contribution in [0.4, 0.5) is 5.82 Å². The summed E-state index contributed by atoms with van der Waals surface area (Å²) >= 11 is 0. The molecule has 0 saturated heterocycles. The van der Waals surface area contributed by atoms with Crippen molar-refractivity contribution in [1.29, 1.82) is 0 Å². The van der Waals surface area contributed by atoms with E-state index in [-0.39, 0.29) is 0 Å². The van der Waals surface area contributed by atoms with Crippen LogP contribution >= 0.6 is 0 Å². The number of rotatable bonds is 5. The molecule has 0 aromatic carbocycles. The van der Waals surface area contributed by atoms with Crippen LogP contribution in [-0.4, -0.2) is 23.1 Å². The van der Waals surface area contributed by atoms with E-state index in [1.165, 1.54) is 17.7 Å². The van der Waals surface area contributed by atoms with E-state index >= 15 is 0 Å². The van der Waals surface area contributed by atoms with Crippen LogP contribution in [0.2, 0.25) is 0 Å². The minimum atomic E-state index is 0.641. The monoisotopic (exact) mass is 220 g/mol. The zero-order valence-corrected chi connectivity index (χ0v) is 9.92. The third-order valence-corrected chi connectivity index (χ3v) is 2.89. The standard InChI is InChI=1S/C12H20N4/c1-2-4-11-15-10-6-3-5-9(10)12(16-11)14-8-7-13/h2-8,13H2,1H3,(H,14,15,16). The number of nitrogens with zero attached hydrogens (tertiary/aromatic N) is 2. The van der Waals surface area contributed by atoms with Crippen LogP contribution in [0.1, 0.15) is 36.8 Å². The molecule has 0 bridgehead atoms. The highest BCUT2D eigenvalue weighted by molar-refractivity contribution is 5.48.